The lowest BCUT2D eigenvalue weighted by Crippen LogP contribution is -2.25. The van der Waals surface area contributed by atoms with E-state index in [9.17, 15) is 4.79 Å². The number of nitrogens with one attached hydrogen (secondary N) is 1. The van der Waals surface area contributed by atoms with Crippen LogP contribution in [-0.4, -0.2) is 28.6 Å². The zero-order chi connectivity index (χ0) is 26.2. The molecule has 0 radical (unpaired) electrons. The Morgan fingerprint density at radius 2 is 1.76 bits per heavy atom. The highest BCUT2D eigenvalue weighted by Crippen LogP contribution is 2.20. The highest BCUT2D eigenvalue weighted by Gasteiger charge is 2.12. The molecule has 0 atom stereocenters. The number of rotatable bonds is 12. The van der Waals surface area contributed by atoms with Crippen LogP contribution in [-0.2, 0) is 13.0 Å². The SMILES string of the molecule is Cc1ccc(C(=O)NCCCc2nc3ccccc3n2CCCCOc2ccc(C(C)C)cc2)c(C)c1. The van der Waals surface area contributed by atoms with Crippen LogP contribution in [0.2, 0.25) is 0 Å². The van der Waals surface area contributed by atoms with E-state index in [1.165, 1.54) is 16.6 Å². The van der Waals surface area contributed by atoms with Gasteiger partial charge in [0, 0.05) is 25.1 Å². The van der Waals surface area contributed by atoms with Crippen LogP contribution in [0.3, 0.4) is 0 Å². The summed E-state index contributed by atoms with van der Waals surface area (Å²) < 4.78 is 8.30. The van der Waals surface area contributed by atoms with Crippen LogP contribution in [0.1, 0.15) is 71.9 Å². The number of aromatic nitrogens is 2. The lowest BCUT2D eigenvalue weighted by Gasteiger charge is -2.11. The maximum absolute atomic E-state index is 12.6. The van der Waals surface area contributed by atoms with Gasteiger partial charge < -0.3 is 14.6 Å². The molecule has 0 fully saturated rings. The number of para-hydroxylation sites is 2. The first-order valence-corrected chi connectivity index (χ1v) is 13.4. The molecule has 0 spiro atoms. The minimum absolute atomic E-state index is 0.00940. The molecule has 194 valence electrons. The zero-order valence-corrected chi connectivity index (χ0v) is 22.6. The Bertz CT molecular complexity index is 1320. The molecule has 5 heteroatoms. The summed E-state index contributed by atoms with van der Waals surface area (Å²) in [6.45, 7) is 10.7. The van der Waals surface area contributed by atoms with E-state index < -0.39 is 0 Å². The van der Waals surface area contributed by atoms with Gasteiger partial charge in [-0.15, -0.1) is 0 Å². The summed E-state index contributed by atoms with van der Waals surface area (Å²) in [5.74, 6) is 2.53. The van der Waals surface area contributed by atoms with Gasteiger partial charge in [0.15, 0.2) is 0 Å². The summed E-state index contributed by atoms with van der Waals surface area (Å²) >= 11 is 0. The van der Waals surface area contributed by atoms with Crippen molar-refractivity contribution in [3.05, 3.63) is 94.8 Å². The number of carbonyl (C=O) groups is 1. The fraction of sp³-hybridized carbons (Fsp3) is 0.375. The van der Waals surface area contributed by atoms with Gasteiger partial charge in [-0.25, -0.2) is 4.98 Å². The van der Waals surface area contributed by atoms with Crippen molar-refractivity contribution in [3.8, 4) is 5.75 Å². The highest BCUT2D eigenvalue weighted by molar-refractivity contribution is 5.95. The van der Waals surface area contributed by atoms with Crippen molar-refractivity contribution >= 4 is 16.9 Å². The second kappa shape index (κ2) is 12.6. The predicted molar refractivity (Wildman–Crippen MR) is 152 cm³/mol. The van der Waals surface area contributed by atoms with Crippen molar-refractivity contribution < 1.29 is 9.53 Å². The number of hydrogen-bond acceptors (Lipinski definition) is 3. The van der Waals surface area contributed by atoms with Crippen LogP contribution in [0.4, 0.5) is 0 Å². The van der Waals surface area contributed by atoms with E-state index in [1.807, 2.05) is 38.1 Å². The fourth-order valence-corrected chi connectivity index (χ4v) is 4.69. The maximum Gasteiger partial charge on any atom is 0.251 e. The van der Waals surface area contributed by atoms with Gasteiger partial charge in [-0.3, -0.25) is 4.79 Å². The first-order valence-electron chi connectivity index (χ1n) is 13.4. The molecule has 4 aromatic rings. The number of imidazole rings is 1. The molecule has 0 aliphatic carbocycles. The Kier molecular flexibility index (Phi) is 8.99. The predicted octanol–water partition coefficient (Wildman–Crippen LogP) is 7.00. The fourth-order valence-electron chi connectivity index (χ4n) is 4.69. The number of hydrogen-bond donors (Lipinski definition) is 1. The first-order chi connectivity index (χ1) is 17.9. The minimum atomic E-state index is -0.00940. The van der Waals surface area contributed by atoms with E-state index in [1.54, 1.807) is 0 Å². The molecule has 5 nitrogen and oxygen atoms in total. The van der Waals surface area contributed by atoms with Gasteiger partial charge in [-0.05, 0) is 80.5 Å². The van der Waals surface area contributed by atoms with Gasteiger partial charge in [0.2, 0.25) is 0 Å². The third kappa shape index (κ3) is 7.00. The summed E-state index contributed by atoms with van der Waals surface area (Å²) in [5, 5.41) is 3.08. The summed E-state index contributed by atoms with van der Waals surface area (Å²) in [4.78, 5) is 17.5. The van der Waals surface area contributed by atoms with Crippen LogP contribution in [0.15, 0.2) is 66.7 Å². The number of aryl methyl sites for hydroxylation is 4. The van der Waals surface area contributed by atoms with Crippen molar-refractivity contribution in [1.82, 2.24) is 14.9 Å². The average Bonchev–Trinajstić information content (AvgIpc) is 3.24. The normalized spacial score (nSPS) is 11.3. The van der Waals surface area contributed by atoms with E-state index in [0.29, 0.717) is 19.1 Å². The molecular formula is C32H39N3O2. The van der Waals surface area contributed by atoms with Crippen molar-refractivity contribution in [2.24, 2.45) is 0 Å². The summed E-state index contributed by atoms with van der Waals surface area (Å²) in [6.07, 6.45) is 3.65. The van der Waals surface area contributed by atoms with Gasteiger partial charge >= 0.3 is 0 Å². The van der Waals surface area contributed by atoms with Crippen molar-refractivity contribution in [3.63, 3.8) is 0 Å². The van der Waals surface area contributed by atoms with Gasteiger partial charge in [-0.1, -0.05) is 55.8 Å². The topological polar surface area (TPSA) is 56.2 Å². The smallest absolute Gasteiger partial charge is 0.251 e. The second-order valence-electron chi connectivity index (χ2n) is 10.1. The average molecular weight is 498 g/mol. The second-order valence-corrected chi connectivity index (χ2v) is 10.1. The molecule has 0 aliphatic heterocycles. The molecule has 4 rings (SSSR count). The number of benzene rings is 3. The van der Waals surface area contributed by atoms with Crippen LogP contribution >= 0.6 is 0 Å². The van der Waals surface area contributed by atoms with E-state index in [-0.39, 0.29) is 5.91 Å². The maximum atomic E-state index is 12.6. The van der Waals surface area contributed by atoms with Crippen LogP contribution in [0.5, 0.6) is 5.75 Å². The van der Waals surface area contributed by atoms with Gasteiger partial charge in [0.05, 0.1) is 17.6 Å². The molecular weight excluding hydrogens is 458 g/mol. The van der Waals surface area contributed by atoms with E-state index >= 15 is 0 Å². The summed E-state index contributed by atoms with van der Waals surface area (Å²) in [7, 11) is 0. The van der Waals surface area contributed by atoms with E-state index in [0.717, 1.165) is 60.4 Å². The summed E-state index contributed by atoms with van der Waals surface area (Å²) in [6, 6.07) is 22.7. The standard InChI is InChI=1S/C32H39N3O2/c1-23(2)26-14-16-27(17-15-26)37-21-8-7-20-35-30-11-6-5-10-29(30)34-31(35)12-9-19-33-32(36)28-18-13-24(3)22-25(28)4/h5-6,10-11,13-18,22-23H,7-9,12,19-21H2,1-4H3,(H,33,36). The molecule has 3 aromatic carbocycles. The Morgan fingerprint density at radius 1 is 0.973 bits per heavy atom. The number of ether oxygens (including phenoxy) is 1. The van der Waals surface area contributed by atoms with Gasteiger partial charge in [0.25, 0.3) is 5.91 Å². The first kappa shape index (κ1) is 26.5. The monoisotopic (exact) mass is 497 g/mol. The molecule has 1 heterocycles. The molecule has 0 bridgehead atoms. The summed E-state index contributed by atoms with van der Waals surface area (Å²) in [5.41, 5.74) is 6.45. The molecule has 0 aliphatic rings. The van der Waals surface area contributed by atoms with Gasteiger partial charge in [0.1, 0.15) is 11.6 Å². The van der Waals surface area contributed by atoms with E-state index in [4.69, 9.17) is 9.72 Å². The molecule has 0 saturated heterocycles. The van der Waals surface area contributed by atoms with Crippen LogP contribution in [0.25, 0.3) is 11.0 Å². The molecule has 1 amide bonds. The number of amides is 1. The van der Waals surface area contributed by atoms with Crippen molar-refractivity contribution in [2.45, 2.75) is 65.8 Å². The number of carbonyl (C=O) groups excluding carboxylic acids is 1. The Labute approximate surface area is 220 Å². The van der Waals surface area contributed by atoms with Gasteiger partial charge in [-0.2, -0.15) is 0 Å². The van der Waals surface area contributed by atoms with Crippen LogP contribution < -0.4 is 10.1 Å². The molecule has 1 aromatic heterocycles. The quantitative estimate of drug-likeness (QED) is 0.214. The minimum Gasteiger partial charge on any atom is -0.494 e. The lowest BCUT2D eigenvalue weighted by atomic mass is 10.0. The largest absolute Gasteiger partial charge is 0.494 e. The third-order valence-electron chi connectivity index (χ3n) is 6.81. The van der Waals surface area contributed by atoms with Crippen molar-refractivity contribution in [2.75, 3.05) is 13.2 Å². The Balaban J connectivity index is 1.28. The lowest BCUT2D eigenvalue weighted by molar-refractivity contribution is 0.0952. The molecule has 37 heavy (non-hydrogen) atoms. The van der Waals surface area contributed by atoms with Crippen LogP contribution in [0, 0.1) is 13.8 Å². The zero-order valence-electron chi connectivity index (χ0n) is 22.6. The number of fused-ring (bicyclic) bond motifs is 1. The Hall–Kier alpha value is -3.60. The van der Waals surface area contributed by atoms with E-state index in [2.05, 4.69) is 66.2 Å². The third-order valence-corrected chi connectivity index (χ3v) is 6.81. The molecule has 1 N–H and O–H groups in total. The number of nitrogens with zero attached hydrogens (tertiary/aromatic N) is 2. The Morgan fingerprint density at radius 3 is 2.51 bits per heavy atom. The molecule has 0 saturated carbocycles. The number of unbranched alkanes of at least 4 members (excludes halogenated alkanes) is 1. The van der Waals surface area contributed by atoms with Crippen molar-refractivity contribution in [1.29, 1.82) is 0 Å². The molecule has 0 unspecified atom stereocenters. The highest BCUT2D eigenvalue weighted by atomic mass is 16.5.